The summed E-state index contributed by atoms with van der Waals surface area (Å²) in [4.78, 5) is 19.9. The van der Waals surface area contributed by atoms with E-state index in [0.29, 0.717) is 22.4 Å². The van der Waals surface area contributed by atoms with Crippen LogP contribution in [0.5, 0.6) is 0 Å². The van der Waals surface area contributed by atoms with Crippen LogP contribution in [0.15, 0.2) is 12.3 Å². The van der Waals surface area contributed by atoms with Gasteiger partial charge >= 0.3 is 0 Å². The molecule has 0 bridgehead atoms. The fourth-order valence-corrected chi connectivity index (χ4v) is 2.81. The first-order valence-electron chi connectivity index (χ1n) is 6.96. The summed E-state index contributed by atoms with van der Waals surface area (Å²) in [6.45, 7) is 6.45. The topological polar surface area (TPSA) is 71.7 Å². The number of piperazine rings is 1. The summed E-state index contributed by atoms with van der Waals surface area (Å²) >= 11 is 6.23. The molecule has 2 N–H and O–H groups in total. The van der Waals surface area contributed by atoms with Gasteiger partial charge in [-0.25, -0.2) is 4.98 Å². The third-order valence-corrected chi connectivity index (χ3v) is 4.03. The monoisotopic (exact) mass is 312 g/mol. The fraction of sp³-hybridized carbons (Fsp3) is 0.571. The fourth-order valence-electron chi connectivity index (χ4n) is 2.53. The number of aromatic nitrogens is 1. The number of ether oxygens (including phenoxy) is 1. The molecule has 0 radical (unpaired) electrons. The van der Waals surface area contributed by atoms with Gasteiger partial charge in [0.25, 0.3) is 0 Å². The number of rotatable bonds is 5. The highest BCUT2D eigenvalue weighted by Crippen LogP contribution is 2.26. The second-order valence-corrected chi connectivity index (χ2v) is 5.62. The van der Waals surface area contributed by atoms with Gasteiger partial charge in [0.05, 0.1) is 17.2 Å². The van der Waals surface area contributed by atoms with E-state index in [2.05, 4.69) is 21.7 Å². The van der Waals surface area contributed by atoms with Gasteiger partial charge in [0.15, 0.2) is 0 Å². The maximum atomic E-state index is 11.1. The Morgan fingerprint density at radius 2 is 2.33 bits per heavy atom. The number of methoxy groups -OCH3 is 1. The molecule has 7 heteroatoms. The zero-order valence-corrected chi connectivity index (χ0v) is 13.1. The smallest absolute Gasteiger partial charge is 0.250 e. The lowest BCUT2D eigenvalue weighted by Crippen LogP contribution is -2.53. The lowest BCUT2D eigenvalue weighted by atomic mass is 10.2. The van der Waals surface area contributed by atoms with Crippen LogP contribution in [0.1, 0.15) is 17.3 Å². The number of nitrogens with two attached hydrogens (primary N) is 1. The Bertz CT molecular complexity index is 512. The highest BCUT2D eigenvalue weighted by molar-refractivity contribution is 6.33. The molecule has 1 atom stereocenters. The minimum absolute atomic E-state index is 0.329. The van der Waals surface area contributed by atoms with Crippen molar-refractivity contribution in [3.8, 4) is 0 Å². The summed E-state index contributed by atoms with van der Waals surface area (Å²) in [6, 6.07) is 1.97. The van der Waals surface area contributed by atoms with Crippen LogP contribution in [0, 0.1) is 0 Å². The first-order valence-corrected chi connectivity index (χ1v) is 7.34. The van der Waals surface area contributed by atoms with E-state index in [0.717, 1.165) is 32.8 Å². The first-order chi connectivity index (χ1) is 10.0. The molecule has 116 valence electrons. The van der Waals surface area contributed by atoms with Gasteiger partial charge < -0.3 is 15.4 Å². The van der Waals surface area contributed by atoms with Crippen molar-refractivity contribution >= 4 is 23.3 Å². The lowest BCUT2D eigenvalue weighted by molar-refractivity contribution is 0.1000. The van der Waals surface area contributed by atoms with Crippen LogP contribution in [0.2, 0.25) is 5.02 Å². The Hall–Kier alpha value is -1.37. The normalized spacial score (nSPS) is 19.8. The van der Waals surface area contributed by atoms with Crippen LogP contribution in [0.3, 0.4) is 0 Å². The van der Waals surface area contributed by atoms with Gasteiger partial charge in [-0.15, -0.1) is 0 Å². The molecule has 1 saturated heterocycles. The van der Waals surface area contributed by atoms with Gasteiger partial charge in [0, 0.05) is 45.5 Å². The third kappa shape index (κ3) is 3.84. The first kappa shape index (κ1) is 16.0. The molecule has 0 spiro atoms. The van der Waals surface area contributed by atoms with Crippen molar-refractivity contribution in [1.29, 1.82) is 0 Å². The average Bonchev–Trinajstić information content (AvgIpc) is 2.45. The molecular weight excluding hydrogens is 292 g/mol. The molecule has 1 unspecified atom stereocenters. The van der Waals surface area contributed by atoms with Crippen molar-refractivity contribution in [2.24, 2.45) is 5.73 Å². The Balaban J connectivity index is 2.05. The van der Waals surface area contributed by atoms with Crippen LogP contribution >= 0.6 is 11.6 Å². The van der Waals surface area contributed by atoms with Gasteiger partial charge in [-0.1, -0.05) is 11.6 Å². The number of halogens is 1. The van der Waals surface area contributed by atoms with Gasteiger partial charge in [-0.2, -0.15) is 0 Å². The minimum atomic E-state index is -0.520. The number of carbonyl (C=O) groups is 1. The quantitative estimate of drug-likeness (QED) is 0.878. The zero-order chi connectivity index (χ0) is 15.4. The van der Waals surface area contributed by atoms with E-state index >= 15 is 0 Å². The van der Waals surface area contributed by atoms with Crippen molar-refractivity contribution in [1.82, 2.24) is 9.88 Å². The Morgan fingerprint density at radius 1 is 1.57 bits per heavy atom. The van der Waals surface area contributed by atoms with E-state index < -0.39 is 5.91 Å². The zero-order valence-electron chi connectivity index (χ0n) is 12.4. The number of hydrogen-bond acceptors (Lipinski definition) is 5. The molecule has 2 heterocycles. The summed E-state index contributed by atoms with van der Waals surface area (Å²) < 4.78 is 5.13. The lowest BCUT2D eigenvalue weighted by Gasteiger charge is -2.40. The predicted octanol–water partition coefficient (Wildman–Crippen LogP) is 0.991. The Morgan fingerprint density at radius 3 is 2.90 bits per heavy atom. The standard InChI is InChI=1S/C14H21ClN4O2/c1-10-9-19(4-3-18(10)5-6-21-2)14-12(15)7-11(8-17-14)13(16)20/h7-8,10H,3-6,9H2,1-2H3,(H2,16,20). The van der Waals surface area contributed by atoms with Crippen molar-refractivity contribution < 1.29 is 9.53 Å². The number of carbonyl (C=O) groups excluding carboxylic acids is 1. The largest absolute Gasteiger partial charge is 0.383 e. The van der Waals surface area contributed by atoms with Crippen LogP contribution in [-0.2, 0) is 4.74 Å². The predicted molar refractivity (Wildman–Crippen MR) is 82.9 cm³/mol. The van der Waals surface area contributed by atoms with Crippen LogP contribution < -0.4 is 10.6 Å². The average molecular weight is 313 g/mol. The molecule has 1 aromatic heterocycles. The van der Waals surface area contributed by atoms with E-state index in [4.69, 9.17) is 22.1 Å². The molecule has 2 rings (SSSR count). The summed E-state index contributed by atoms with van der Waals surface area (Å²) in [6.07, 6.45) is 1.48. The van der Waals surface area contributed by atoms with Crippen molar-refractivity contribution in [3.63, 3.8) is 0 Å². The number of amides is 1. The van der Waals surface area contributed by atoms with Gasteiger partial charge in [0.1, 0.15) is 5.82 Å². The molecule has 1 aromatic rings. The SMILES string of the molecule is COCCN1CCN(c2ncc(C(N)=O)cc2Cl)CC1C. The molecule has 6 nitrogen and oxygen atoms in total. The molecule has 21 heavy (non-hydrogen) atoms. The number of hydrogen-bond donors (Lipinski definition) is 1. The van der Waals surface area contributed by atoms with E-state index in [-0.39, 0.29) is 0 Å². The highest BCUT2D eigenvalue weighted by Gasteiger charge is 2.25. The number of pyridine rings is 1. The van der Waals surface area contributed by atoms with Crippen molar-refractivity contribution in [3.05, 3.63) is 22.8 Å². The number of primary amides is 1. The molecule has 0 aromatic carbocycles. The Labute approximate surface area is 129 Å². The second-order valence-electron chi connectivity index (χ2n) is 5.22. The van der Waals surface area contributed by atoms with Crippen molar-refractivity contribution in [2.45, 2.75) is 13.0 Å². The number of nitrogens with zero attached hydrogens (tertiary/aromatic N) is 3. The molecule has 1 aliphatic heterocycles. The highest BCUT2D eigenvalue weighted by atomic mass is 35.5. The molecule has 1 fully saturated rings. The van der Waals surface area contributed by atoms with Gasteiger partial charge in [0.2, 0.25) is 5.91 Å². The van der Waals surface area contributed by atoms with Crippen molar-refractivity contribution in [2.75, 3.05) is 44.8 Å². The van der Waals surface area contributed by atoms with E-state index in [1.807, 2.05) is 0 Å². The number of anilines is 1. The minimum Gasteiger partial charge on any atom is -0.383 e. The second kappa shape index (κ2) is 7.06. The van der Waals surface area contributed by atoms with E-state index in [9.17, 15) is 4.79 Å². The summed E-state index contributed by atoms with van der Waals surface area (Å²) in [5.74, 6) is 0.189. The maximum absolute atomic E-state index is 11.1. The summed E-state index contributed by atoms with van der Waals surface area (Å²) in [5.41, 5.74) is 5.56. The molecule has 1 amide bonds. The summed E-state index contributed by atoms with van der Waals surface area (Å²) in [5, 5.41) is 0.462. The van der Waals surface area contributed by atoms with Crippen LogP contribution in [-0.4, -0.2) is 61.7 Å². The summed E-state index contributed by atoms with van der Waals surface area (Å²) in [7, 11) is 1.71. The molecule has 1 aliphatic rings. The van der Waals surface area contributed by atoms with Gasteiger partial charge in [-0.3, -0.25) is 9.69 Å². The van der Waals surface area contributed by atoms with E-state index in [1.54, 1.807) is 13.2 Å². The third-order valence-electron chi connectivity index (χ3n) is 3.75. The van der Waals surface area contributed by atoms with Crippen LogP contribution in [0.4, 0.5) is 5.82 Å². The molecule has 0 aliphatic carbocycles. The maximum Gasteiger partial charge on any atom is 0.250 e. The van der Waals surface area contributed by atoms with Gasteiger partial charge in [-0.05, 0) is 13.0 Å². The Kier molecular flexibility index (Phi) is 5.39. The van der Waals surface area contributed by atoms with E-state index in [1.165, 1.54) is 6.20 Å². The molecular formula is C14H21ClN4O2. The van der Waals surface area contributed by atoms with Crippen LogP contribution in [0.25, 0.3) is 0 Å². The molecule has 0 saturated carbocycles.